The highest BCUT2D eigenvalue weighted by atomic mass is 35.5. The molecule has 4 amide bonds. The first-order valence-electron chi connectivity index (χ1n) is 10.0. The van der Waals surface area contributed by atoms with E-state index in [4.69, 9.17) is 11.6 Å². The number of ether oxygens (including phenoxy) is 1. The molecule has 3 atom stereocenters. The van der Waals surface area contributed by atoms with E-state index in [1.54, 1.807) is 0 Å². The van der Waals surface area contributed by atoms with Crippen molar-refractivity contribution in [3.05, 3.63) is 28.8 Å². The van der Waals surface area contributed by atoms with Gasteiger partial charge >= 0.3 is 6.09 Å². The fourth-order valence-electron chi connectivity index (χ4n) is 3.30. The Morgan fingerprint density at radius 3 is 2.58 bits per heavy atom. The van der Waals surface area contributed by atoms with E-state index in [0.29, 0.717) is 13.0 Å². The molecule has 2 aliphatic rings. The van der Waals surface area contributed by atoms with Gasteiger partial charge in [-0.15, -0.1) is 0 Å². The van der Waals surface area contributed by atoms with Crippen molar-refractivity contribution in [3.63, 3.8) is 0 Å². The van der Waals surface area contributed by atoms with Gasteiger partial charge in [-0.3, -0.25) is 24.5 Å². The highest BCUT2D eigenvalue weighted by molar-refractivity contribution is 6.38. The summed E-state index contributed by atoms with van der Waals surface area (Å²) in [5.74, 6) is -6.78. The molecule has 1 aliphatic heterocycles. The molecule has 1 heterocycles. The van der Waals surface area contributed by atoms with Gasteiger partial charge in [0.1, 0.15) is 0 Å². The molecule has 178 valence electrons. The van der Waals surface area contributed by atoms with Crippen LogP contribution in [0.3, 0.4) is 0 Å². The summed E-state index contributed by atoms with van der Waals surface area (Å²) in [6.45, 7) is 0.406. The molecule has 1 saturated carbocycles. The summed E-state index contributed by atoms with van der Waals surface area (Å²) in [6, 6.07) is 2.44. The molecule has 0 aromatic heterocycles. The Kier molecular flexibility index (Phi) is 7.15. The lowest BCUT2D eigenvalue weighted by molar-refractivity contribution is -0.139. The van der Waals surface area contributed by atoms with Gasteiger partial charge in [0.15, 0.2) is 6.10 Å². The van der Waals surface area contributed by atoms with Crippen molar-refractivity contribution in [3.8, 4) is 0 Å². The maximum atomic E-state index is 13.0. The van der Waals surface area contributed by atoms with Crippen LogP contribution in [-0.2, 0) is 19.1 Å². The summed E-state index contributed by atoms with van der Waals surface area (Å²) in [5, 5.41) is 9.50. The summed E-state index contributed by atoms with van der Waals surface area (Å²) in [5.41, 5.74) is -0.316. The number of Topliss-reactive ketones (excluding diaryl/α,β-unsaturated/α-hetero) is 1. The van der Waals surface area contributed by atoms with E-state index < -0.39 is 54.1 Å². The van der Waals surface area contributed by atoms with E-state index in [1.165, 1.54) is 25.2 Å². The van der Waals surface area contributed by atoms with Crippen LogP contribution in [0.2, 0.25) is 5.02 Å². The van der Waals surface area contributed by atoms with E-state index in [1.807, 2.05) is 0 Å². The molecule has 13 heteroatoms. The second-order valence-corrected chi connectivity index (χ2v) is 8.09. The summed E-state index contributed by atoms with van der Waals surface area (Å²) in [6.07, 6.45) is -3.03. The van der Waals surface area contributed by atoms with Crippen LogP contribution in [-0.4, -0.2) is 61.3 Å². The lowest BCUT2D eigenvalue weighted by atomic mass is 9.95. The minimum atomic E-state index is -3.09. The minimum absolute atomic E-state index is 0.108. The number of carbonyl (C=O) groups excluding carboxylic acids is 5. The Morgan fingerprint density at radius 1 is 1.30 bits per heavy atom. The number of hydrogen-bond donors (Lipinski definition) is 4. The minimum Gasteiger partial charge on any atom is -0.439 e. The third-order valence-corrected chi connectivity index (χ3v) is 5.47. The Labute approximate surface area is 191 Å². The molecule has 0 bridgehead atoms. The van der Waals surface area contributed by atoms with Gasteiger partial charge in [0.2, 0.25) is 11.7 Å². The molecule has 1 aliphatic carbocycles. The van der Waals surface area contributed by atoms with Crippen molar-refractivity contribution < 1.29 is 37.5 Å². The second-order valence-electron chi connectivity index (χ2n) is 7.66. The number of halogens is 3. The van der Waals surface area contributed by atoms with Crippen LogP contribution in [0.25, 0.3) is 0 Å². The van der Waals surface area contributed by atoms with E-state index in [0.717, 1.165) is 0 Å². The number of likely N-dealkylation sites (N-methyl/N-ethyl adjacent to an activating group) is 1. The molecule has 4 N–H and O–H groups in total. The number of alkyl halides is 2. The lowest BCUT2D eigenvalue weighted by Crippen LogP contribution is -2.48. The lowest BCUT2D eigenvalue weighted by Gasteiger charge is -2.20. The highest BCUT2D eigenvalue weighted by Crippen LogP contribution is 2.44. The van der Waals surface area contributed by atoms with E-state index in [2.05, 4.69) is 26.0 Å². The molecule has 1 aromatic rings. The number of nitrogens with one attached hydrogen (secondary N) is 4. The fraction of sp³-hybridized carbons (Fsp3) is 0.450. The van der Waals surface area contributed by atoms with Gasteiger partial charge in [0, 0.05) is 24.5 Å². The van der Waals surface area contributed by atoms with E-state index >= 15 is 0 Å². The monoisotopic (exact) mass is 486 g/mol. The normalized spacial score (nSPS) is 21.4. The number of anilines is 1. The Bertz CT molecular complexity index is 1000. The Morgan fingerprint density at radius 2 is 2.00 bits per heavy atom. The number of amides is 4. The standard InChI is InChI=1S/C20H21ClF2N4O6/c1-24-18(31)15(28)13(6-9-4-5-25-16(9)29)26-17(30)11-7-10(21)2-3-12(11)27-19(32)33-14-8-20(14,22)23/h2-3,7,9,13-14H,4-6,8H2,1H3,(H,24,31)(H,25,29)(H,26,30)(H,27,32)/t9-,13-,14?/m0/s1. The van der Waals surface area contributed by atoms with Gasteiger partial charge in [0.25, 0.3) is 17.7 Å². The van der Waals surface area contributed by atoms with Crippen LogP contribution in [0, 0.1) is 5.92 Å². The van der Waals surface area contributed by atoms with Crippen LogP contribution in [0.15, 0.2) is 18.2 Å². The van der Waals surface area contributed by atoms with Gasteiger partial charge in [-0.05, 0) is 31.0 Å². The van der Waals surface area contributed by atoms with Crippen LogP contribution in [0.4, 0.5) is 19.3 Å². The number of ketones is 1. The summed E-state index contributed by atoms with van der Waals surface area (Å²) in [4.78, 5) is 61.2. The molecule has 33 heavy (non-hydrogen) atoms. The summed E-state index contributed by atoms with van der Waals surface area (Å²) in [7, 11) is 1.25. The molecular formula is C20H21ClF2N4O6. The third kappa shape index (κ3) is 5.95. The van der Waals surface area contributed by atoms with Gasteiger partial charge < -0.3 is 20.7 Å². The van der Waals surface area contributed by atoms with Crippen molar-refractivity contribution in [2.75, 3.05) is 18.9 Å². The van der Waals surface area contributed by atoms with Crippen molar-refractivity contribution in [1.29, 1.82) is 0 Å². The molecule has 1 unspecified atom stereocenters. The average molecular weight is 487 g/mol. The van der Waals surface area contributed by atoms with E-state index in [-0.39, 0.29) is 28.6 Å². The van der Waals surface area contributed by atoms with Crippen molar-refractivity contribution in [2.24, 2.45) is 5.92 Å². The molecule has 2 fully saturated rings. The molecule has 1 aromatic carbocycles. The predicted molar refractivity (Wildman–Crippen MR) is 111 cm³/mol. The molecule has 10 nitrogen and oxygen atoms in total. The molecule has 0 radical (unpaired) electrons. The highest BCUT2D eigenvalue weighted by Gasteiger charge is 2.60. The first-order chi connectivity index (χ1) is 15.5. The number of hydrogen-bond acceptors (Lipinski definition) is 6. The van der Waals surface area contributed by atoms with Crippen molar-refractivity contribution in [1.82, 2.24) is 16.0 Å². The third-order valence-electron chi connectivity index (χ3n) is 5.24. The molecule has 1 saturated heterocycles. The van der Waals surface area contributed by atoms with E-state index in [9.17, 15) is 32.8 Å². The van der Waals surface area contributed by atoms with Crippen LogP contribution < -0.4 is 21.3 Å². The Hall–Kier alpha value is -3.28. The fourth-order valence-corrected chi connectivity index (χ4v) is 3.47. The van der Waals surface area contributed by atoms with Crippen molar-refractivity contribution >= 4 is 46.9 Å². The first kappa shape index (κ1) is 24.4. The maximum Gasteiger partial charge on any atom is 0.412 e. The van der Waals surface area contributed by atoms with Crippen LogP contribution >= 0.6 is 11.6 Å². The summed E-state index contributed by atoms with van der Waals surface area (Å²) < 4.78 is 30.6. The number of carbonyl (C=O) groups is 5. The zero-order valence-electron chi connectivity index (χ0n) is 17.4. The van der Waals surface area contributed by atoms with Gasteiger partial charge in [-0.1, -0.05) is 11.6 Å². The molecule has 3 rings (SSSR count). The quantitative estimate of drug-likeness (QED) is 0.407. The number of benzene rings is 1. The molecule has 0 spiro atoms. The molecular weight excluding hydrogens is 466 g/mol. The van der Waals surface area contributed by atoms with Gasteiger partial charge in [-0.2, -0.15) is 0 Å². The number of rotatable bonds is 8. The maximum absolute atomic E-state index is 13.0. The van der Waals surface area contributed by atoms with Gasteiger partial charge in [0.05, 0.1) is 23.7 Å². The summed E-state index contributed by atoms with van der Waals surface area (Å²) >= 11 is 5.95. The smallest absolute Gasteiger partial charge is 0.412 e. The average Bonchev–Trinajstić information content (AvgIpc) is 3.14. The van der Waals surface area contributed by atoms with Crippen LogP contribution in [0.1, 0.15) is 29.6 Å². The van der Waals surface area contributed by atoms with Gasteiger partial charge in [-0.25, -0.2) is 13.6 Å². The first-order valence-corrected chi connectivity index (χ1v) is 10.4. The Balaban J connectivity index is 1.77. The van der Waals surface area contributed by atoms with Crippen LogP contribution in [0.5, 0.6) is 0 Å². The topological polar surface area (TPSA) is 143 Å². The second kappa shape index (κ2) is 9.69. The van der Waals surface area contributed by atoms with Crippen molar-refractivity contribution in [2.45, 2.75) is 37.3 Å². The zero-order valence-corrected chi connectivity index (χ0v) is 18.1. The SMILES string of the molecule is CNC(=O)C(=O)[C@H](C[C@@H]1CCNC1=O)NC(=O)c1cc(Cl)ccc1NC(=O)OC1CC1(F)F. The predicted octanol–water partition coefficient (Wildman–Crippen LogP) is 1.24. The largest absolute Gasteiger partial charge is 0.439 e. The zero-order chi connectivity index (χ0) is 24.3.